The molecule has 0 radical (unpaired) electrons. The van der Waals surface area contributed by atoms with Gasteiger partial charge in [0, 0.05) is 11.6 Å². The van der Waals surface area contributed by atoms with Crippen LogP contribution in [0.3, 0.4) is 0 Å². The Labute approximate surface area is 142 Å². The van der Waals surface area contributed by atoms with Gasteiger partial charge in [0.05, 0.1) is 15.7 Å². The van der Waals surface area contributed by atoms with Gasteiger partial charge in [0.1, 0.15) is 0 Å². The van der Waals surface area contributed by atoms with Crippen molar-refractivity contribution in [1.82, 2.24) is 5.32 Å². The van der Waals surface area contributed by atoms with Gasteiger partial charge in [0.25, 0.3) is 0 Å². The Kier molecular flexibility index (Phi) is 5.66. The van der Waals surface area contributed by atoms with E-state index in [-0.39, 0.29) is 17.3 Å². The van der Waals surface area contributed by atoms with Crippen molar-refractivity contribution in [3.8, 4) is 0 Å². The van der Waals surface area contributed by atoms with Gasteiger partial charge in [-0.15, -0.1) is 0 Å². The molecule has 114 valence electrons. The topological polar surface area (TPSA) is 58.2 Å². The van der Waals surface area contributed by atoms with E-state index in [4.69, 9.17) is 34.8 Å². The van der Waals surface area contributed by atoms with Crippen molar-refractivity contribution in [2.24, 2.45) is 0 Å². The Bertz CT molecular complexity index is 720. The molecule has 0 aliphatic heterocycles. The maximum Gasteiger partial charge on any atom is 0.313 e. The number of anilines is 1. The predicted molar refractivity (Wildman–Crippen MR) is 88.4 cm³/mol. The number of nitrogens with one attached hydrogen (secondary N) is 2. The van der Waals surface area contributed by atoms with Crippen molar-refractivity contribution in [3.63, 3.8) is 0 Å². The molecule has 0 aliphatic rings. The van der Waals surface area contributed by atoms with Gasteiger partial charge in [-0.05, 0) is 29.8 Å². The third kappa shape index (κ3) is 4.37. The number of hydrogen-bond donors (Lipinski definition) is 2. The highest BCUT2D eigenvalue weighted by molar-refractivity contribution is 6.45. The van der Waals surface area contributed by atoms with Crippen LogP contribution in [0.1, 0.15) is 5.56 Å². The minimum Gasteiger partial charge on any atom is -0.344 e. The fourth-order valence-electron chi connectivity index (χ4n) is 1.69. The molecule has 0 aliphatic carbocycles. The quantitative estimate of drug-likeness (QED) is 0.819. The summed E-state index contributed by atoms with van der Waals surface area (Å²) in [6.07, 6.45) is 0. The normalized spacial score (nSPS) is 10.1. The SMILES string of the molecule is O=C(NCc1cccc(Cl)c1)C(=O)Nc1cccc(Cl)c1Cl. The molecule has 2 N–H and O–H groups in total. The van der Waals surface area contributed by atoms with Crippen LogP contribution < -0.4 is 10.6 Å². The van der Waals surface area contributed by atoms with E-state index < -0.39 is 11.8 Å². The first-order valence-electron chi connectivity index (χ1n) is 6.25. The molecule has 0 saturated carbocycles. The maximum atomic E-state index is 11.8. The second kappa shape index (κ2) is 7.49. The Morgan fingerprint density at radius 1 is 0.955 bits per heavy atom. The van der Waals surface area contributed by atoms with Crippen molar-refractivity contribution < 1.29 is 9.59 Å². The summed E-state index contributed by atoms with van der Waals surface area (Å²) in [6, 6.07) is 11.7. The molecule has 0 saturated heterocycles. The summed E-state index contributed by atoms with van der Waals surface area (Å²) >= 11 is 17.6. The monoisotopic (exact) mass is 356 g/mol. The van der Waals surface area contributed by atoms with Gasteiger partial charge in [0.2, 0.25) is 0 Å². The zero-order valence-electron chi connectivity index (χ0n) is 11.2. The number of halogens is 3. The molecule has 0 bridgehead atoms. The second-order valence-electron chi connectivity index (χ2n) is 4.37. The minimum atomic E-state index is -0.828. The van der Waals surface area contributed by atoms with Crippen molar-refractivity contribution in [2.45, 2.75) is 6.54 Å². The highest BCUT2D eigenvalue weighted by Gasteiger charge is 2.15. The number of benzene rings is 2. The van der Waals surface area contributed by atoms with E-state index in [0.717, 1.165) is 5.56 Å². The maximum absolute atomic E-state index is 11.8. The van der Waals surface area contributed by atoms with Crippen molar-refractivity contribution >= 4 is 52.3 Å². The van der Waals surface area contributed by atoms with Crippen molar-refractivity contribution in [1.29, 1.82) is 0 Å². The van der Waals surface area contributed by atoms with E-state index in [2.05, 4.69) is 10.6 Å². The predicted octanol–water partition coefficient (Wildman–Crippen LogP) is 3.90. The van der Waals surface area contributed by atoms with E-state index in [1.165, 1.54) is 0 Å². The summed E-state index contributed by atoms with van der Waals surface area (Å²) in [7, 11) is 0. The lowest BCUT2D eigenvalue weighted by atomic mass is 10.2. The van der Waals surface area contributed by atoms with Gasteiger partial charge in [-0.1, -0.05) is 53.0 Å². The van der Waals surface area contributed by atoms with E-state index in [1.54, 1.807) is 42.5 Å². The highest BCUT2D eigenvalue weighted by Crippen LogP contribution is 2.29. The zero-order valence-corrected chi connectivity index (χ0v) is 13.5. The summed E-state index contributed by atoms with van der Waals surface area (Å²) < 4.78 is 0. The fourth-order valence-corrected chi connectivity index (χ4v) is 2.25. The second-order valence-corrected chi connectivity index (χ2v) is 5.59. The zero-order chi connectivity index (χ0) is 16.1. The molecular weight excluding hydrogens is 347 g/mol. The summed E-state index contributed by atoms with van der Waals surface area (Å²) in [5.74, 6) is -1.61. The number of carbonyl (C=O) groups is 2. The Morgan fingerprint density at radius 2 is 1.68 bits per heavy atom. The lowest BCUT2D eigenvalue weighted by molar-refractivity contribution is -0.136. The van der Waals surface area contributed by atoms with Gasteiger partial charge in [-0.3, -0.25) is 9.59 Å². The molecule has 2 aromatic rings. The average molecular weight is 358 g/mol. The Morgan fingerprint density at radius 3 is 2.41 bits per heavy atom. The van der Waals surface area contributed by atoms with Gasteiger partial charge in [0.15, 0.2) is 0 Å². The summed E-state index contributed by atoms with van der Waals surface area (Å²) in [5.41, 5.74) is 1.06. The summed E-state index contributed by atoms with van der Waals surface area (Å²) in [6.45, 7) is 0.191. The Hall–Kier alpha value is -1.75. The van der Waals surface area contributed by atoms with Crippen LogP contribution >= 0.6 is 34.8 Å². The smallest absolute Gasteiger partial charge is 0.313 e. The molecule has 2 rings (SSSR count). The molecule has 4 nitrogen and oxygen atoms in total. The van der Waals surface area contributed by atoms with Gasteiger partial charge in [-0.2, -0.15) is 0 Å². The molecule has 0 fully saturated rings. The van der Waals surface area contributed by atoms with Crippen molar-refractivity contribution in [2.75, 3.05) is 5.32 Å². The molecule has 0 spiro atoms. The number of rotatable bonds is 3. The lowest BCUT2D eigenvalue weighted by Gasteiger charge is -2.09. The summed E-state index contributed by atoms with van der Waals surface area (Å²) in [5, 5.41) is 5.93. The van der Waals surface area contributed by atoms with Crippen molar-refractivity contribution in [3.05, 3.63) is 63.1 Å². The van der Waals surface area contributed by atoms with Crippen LogP contribution in [0.2, 0.25) is 15.1 Å². The third-order valence-corrected chi connectivity index (χ3v) is 3.80. The summed E-state index contributed by atoms with van der Waals surface area (Å²) in [4.78, 5) is 23.6. The molecular formula is C15H11Cl3N2O2. The van der Waals surface area contributed by atoms with E-state index in [0.29, 0.717) is 10.0 Å². The molecule has 22 heavy (non-hydrogen) atoms. The van der Waals surface area contributed by atoms with Crippen LogP contribution in [0.15, 0.2) is 42.5 Å². The van der Waals surface area contributed by atoms with E-state index in [9.17, 15) is 9.59 Å². The molecule has 0 heterocycles. The number of amides is 2. The van der Waals surface area contributed by atoms with Crippen LogP contribution in [-0.4, -0.2) is 11.8 Å². The largest absolute Gasteiger partial charge is 0.344 e. The average Bonchev–Trinajstić information content (AvgIpc) is 2.49. The van der Waals surface area contributed by atoms with Crippen LogP contribution in [0.25, 0.3) is 0 Å². The molecule has 0 atom stereocenters. The van der Waals surface area contributed by atoms with Crippen LogP contribution in [0, 0.1) is 0 Å². The first kappa shape index (κ1) is 16.6. The van der Waals surface area contributed by atoms with Crippen LogP contribution in [0.4, 0.5) is 5.69 Å². The fraction of sp³-hybridized carbons (Fsp3) is 0.0667. The van der Waals surface area contributed by atoms with E-state index in [1.807, 2.05) is 0 Å². The third-order valence-electron chi connectivity index (χ3n) is 2.75. The first-order valence-corrected chi connectivity index (χ1v) is 7.38. The molecule has 2 amide bonds. The Balaban J connectivity index is 1.95. The number of hydrogen-bond acceptors (Lipinski definition) is 2. The first-order chi connectivity index (χ1) is 10.5. The van der Waals surface area contributed by atoms with Gasteiger partial charge >= 0.3 is 11.8 Å². The lowest BCUT2D eigenvalue weighted by Crippen LogP contribution is -2.35. The highest BCUT2D eigenvalue weighted by atomic mass is 35.5. The minimum absolute atomic E-state index is 0.181. The molecule has 0 unspecified atom stereocenters. The standard InChI is InChI=1S/C15H11Cl3N2O2/c16-10-4-1-3-9(7-10)8-19-14(21)15(22)20-12-6-2-5-11(17)13(12)18/h1-7H,8H2,(H,19,21)(H,20,22). The van der Waals surface area contributed by atoms with Gasteiger partial charge in [-0.25, -0.2) is 0 Å². The molecule has 2 aromatic carbocycles. The molecule has 0 aromatic heterocycles. The molecule has 7 heteroatoms. The van der Waals surface area contributed by atoms with E-state index >= 15 is 0 Å². The van der Waals surface area contributed by atoms with Crippen LogP contribution in [-0.2, 0) is 16.1 Å². The van der Waals surface area contributed by atoms with Crippen LogP contribution in [0.5, 0.6) is 0 Å². The number of carbonyl (C=O) groups excluding carboxylic acids is 2. The van der Waals surface area contributed by atoms with Gasteiger partial charge < -0.3 is 10.6 Å².